The van der Waals surface area contributed by atoms with E-state index in [0.29, 0.717) is 54.3 Å². The van der Waals surface area contributed by atoms with Gasteiger partial charge in [-0.05, 0) is 67.1 Å². The van der Waals surface area contributed by atoms with Gasteiger partial charge in [0.1, 0.15) is 19.0 Å². The van der Waals surface area contributed by atoms with Crippen LogP contribution in [0.15, 0.2) is 65.1 Å². The normalized spacial score (nSPS) is 13.9. The number of piperazine rings is 1. The second-order valence-corrected chi connectivity index (χ2v) is 10.3. The third kappa shape index (κ3) is 7.77. The molecule has 0 saturated carbocycles. The number of hydrogen-bond donors (Lipinski definition) is 0. The Labute approximate surface area is 236 Å². The number of amides is 1. The van der Waals surface area contributed by atoms with Crippen molar-refractivity contribution in [1.82, 2.24) is 9.80 Å². The Hall–Kier alpha value is -2.45. The lowest BCUT2D eigenvalue weighted by atomic mass is 10.1. The number of hydrogen-bond acceptors (Lipinski definition) is 5. The Balaban J connectivity index is 1.28. The van der Waals surface area contributed by atoms with E-state index in [4.69, 9.17) is 37.4 Å². The molecule has 0 aliphatic carbocycles. The molecule has 9 heteroatoms. The molecular formula is C28H29BrCl2N2O4. The van der Waals surface area contributed by atoms with Crippen molar-refractivity contribution in [1.29, 1.82) is 0 Å². The maximum Gasteiger partial charge on any atom is 0.253 e. The van der Waals surface area contributed by atoms with Gasteiger partial charge in [-0.3, -0.25) is 9.69 Å². The van der Waals surface area contributed by atoms with Gasteiger partial charge in [-0.25, -0.2) is 0 Å². The van der Waals surface area contributed by atoms with Gasteiger partial charge >= 0.3 is 0 Å². The first-order chi connectivity index (χ1) is 17.9. The molecule has 1 amide bonds. The first-order valence-corrected chi connectivity index (χ1v) is 13.7. The largest absolute Gasteiger partial charge is 0.490 e. The minimum Gasteiger partial charge on any atom is -0.490 e. The van der Waals surface area contributed by atoms with Gasteiger partial charge in [0.15, 0.2) is 11.5 Å². The molecule has 3 aromatic rings. The van der Waals surface area contributed by atoms with Gasteiger partial charge in [-0.1, -0.05) is 45.2 Å². The number of benzene rings is 3. The Morgan fingerprint density at radius 1 is 0.838 bits per heavy atom. The fourth-order valence-corrected chi connectivity index (χ4v) is 4.62. The highest BCUT2D eigenvalue weighted by molar-refractivity contribution is 9.10. The van der Waals surface area contributed by atoms with Gasteiger partial charge < -0.3 is 19.1 Å². The second-order valence-electron chi connectivity index (χ2n) is 8.56. The van der Waals surface area contributed by atoms with Gasteiger partial charge in [0, 0.05) is 42.8 Å². The maximum absolute atomic E-state index is 12.8. The molecule has 0 unspecified atom stereocenters. The van der Waals surface area contributed by atoms with Gasteiger partial charge in [0.05, 0.1) is 16.7 Å². The monoisotopic (exact) mass is 606 g/mol. The van der Waals surface area contributed by atoms with Crippen LogP contribution in [0.1, 0.15) is 22.8 Å². The molecule has 0 aromatic heterocycles. The van der Waals surface area contributed by atoms with Gasteiger partial charge in [-0.15, -0.1) is 0 Å². The SMILES string of the molecule is CCOc1cc(CN2CCN(C(=O)c3ccc(Cl)c(Cl)c3)CC2)ccc1OCCOc1ccc(Br)cc1. The molecule has 1 fully saturated rings. The Morgan fingerprint density at radius 3 is 2.27 bits per heavy atom. The first-order valence-electron chi connectivity index (χ1n) is 12.2. The molecule has 37 heavy (non-hydrogen) atoms. The third-order valence-corrected chi connectivity index (χ3v) is 7.23. The average Bonchev–Trinajstić information content (AvgIpc) is 2.90. The smallest absolute Gasteiger partial charge is 0.253 e. The standard InChI is InChI=1S/C28H29BrCl2N2O4/c1-2-35-27-17-20(3-10-26(27)37-16-15-36-23-7-5-22(29)6-8-23)19-32-11-13-33(14-12-32)28(34)21-4-9-24(30)25(31)18-21/h3-10,17-18H,2,11-16,19H2,1H3. The zero-order valence-corrected chi connectivity index (χ0v) is 23.7. The van der Waals surface area contributed by atoms with Crippen LogP contribution >= 0.6 is 39.1 Å². The lowest BCUT2D eigenvalue weighted by Crippen LogP contribution is -2.48. The summed E-state index contributed by atoms with van der Waals surface area (Å²) in [6.45, 7) is 6.97. The highest BCUT2D eigenvalue weighted by Gasteiger charge is 2.23. The van der Waals surface area contributed by atoms with Gasteiger partial charge in [-0.2, -0.15) is 0 Å². The van der Waals surface area contributed by atoms with Crippen LogP contribution in [0.4, 0.5) is 0 Å². The number of carbonyl (C=O) groups excluding carboxylic acids is 1. The van der Waals surface area contributed by atoms with E-state index >= 15 is 0 Å². The van der Waals surface area contributed by atoms with Crippen LogP contribution in [0.25, 0.3) is 0 Å². The van der Waals surface area contributed by atoms with E-state index in [2.05, 4.69) is 26.9 Å². The van der Waals surface area contributed by atoms with E-state index in [1.165, 1.54) is 0 Å². The summed E-state index contributed by atoms with van der Waals surface area (Å²) in [4.78, 5) is 17.0. The van der Waals surface area contributed by atoms with Crippen molar-refractivity contribution >= 4 is 45.0 Å². The summed E-state index contributed by atoms with van der Waals surface area (Å²) in [5.74, 6) is 2.19. The van der Waals surface area contributed by atoms with Gasteiger partial charge in [0.25, 0.3) is 5.91 Å². The molecule has 6 nitrogen and oxygen atoms in total. The lowest BCUT2D eigenvalue weighted by molar-refractivity contribution is 0.0628. The second kappa shape index (κ2) is 13.4. The van der Waals surface area contributed by atoms with Gasteiger partial charge in [0.2, 0.25) is 0 Å². The van der Waals surface area contributed by atoms with Crippen LogP contribution in [0, 0.1) is 0 Å². The predicted octanol–water partition coefficient (Wildman–Crippen LogP) is 6.57. The maximum atomic E-state index is 12.8. The van der Waals surface area contributed by atoms with E-state index in [1.807, 2.05) is 48.2 Å². The number of ether oxygens (including phenoxy) is 3. The van der Waals surface area contributed by atoms with Crippen molar-refractivity contribution in [2.45, 2.75) is 13.5 Å². The van der Waals surface area contributed by atoms with Crippen LogP contribution < -0.4 is 14.2 Å². The fraction of sp³-hybridized carbons (Fsp3) is 0.321. The van der Waals surface area contributed by atoms with Crippen molar-refractivity contribution < 1.29 is 19.0 Å². The van der Waals surface area contributed by atoms with Crippen LogP contribution in [0.2, 0.25) is 10.0 Å². The third-order valence-electron chi connectivity index (χ3n) is 5.96. The zero-order valence-electron chi connectivity index (χ0n) is 20.6. The quantitative estimate of drug-likeness (QED) is 0.244. The number of nitrogens with zero attached hydrogens (tertiary/aromatic N) is 2. The van der Waals surface area contributed by atoms with E-state index in [0.717, 1.165) is 41.2 Å². The molecule has 1 heterocycles. The van der Waals surface area contributed by atoms with E-state index < -0.39 is 0 Å². The number of halogens is 3. The Morgan fingerprint density at radius 2 is 1.57 bits per heavy atom. The molecular weight excluding hydrogens is 579 g/mol. The van der Waals surface area contributed by atoms with Crippen LogP contribution in [-0.4, -0.2) is 61.7 Å². The summed E-state index contributed by atoms with van der Waals surface area (Å²) in [5.41, 5.74) is 1.69. The van der Waals surface area contributed by atoms with Crippen molar-refractivity contribution in [3.05, 3.63) is 86.3 Å². The van der Waals surface area contributed by atoms with E-state index in [-0.39, 0.29) is 5.91 Å². The molecule has 0 bridgehead atoms. The molecule has 0 N–H and O–H groups in total. The van der Waals surface area contributed by atoms with E-state index in [9.17, 15) is 4.79 Å². The summed E-state index contributed by atoms with van der Waals surface area (Å²) >= 11 is 15.5. The summed E-state index contributed by atoms with van der Waals surface area (Å²) in [7, 11) is 0. The fourth-order valence-electron chi connectivity index (χ4n) is 4.06. The summed E-state index contributed by atoms with van der Waals surface area (Å²) in [6.07, 6.45) is 0. The molecule has 4 rings (SSSR count). The zero-order chi connectivity index (χ0) is 26.2. The number of carbonyl (C=O) groups is 1. The van der Waals surface area contributed by atoms with Crippen LogP contribution in [0.3, 0.4) is 0 Å². The minimum absolute atomic E-state index is 0.0255. The lowest BCUT2D eigenvalue weighted by Gasteiger charge is -2.35. The van der Waals surface area contributed by atoms with Crippen LogP contribution in [0.5, 0.6) is 17.2 Å². The minimum atomic E-state index is -0.0255. The highest BCUT2D eigenvalue weighted by Crippen LogP contribution is 2.29. The summed E-state index contributed by atoms with van der Waals surface area (Å²) in [6, 6.07) is 18.7. The van der Waals surface area contributed by atoms with Crippen molar-refractivity contribution in [2.24, 2.45) is 0 Å². The first kappa shape index (κ1) is 27.6. The molecule has 0 radical (unpaired) electrons. The summed E-state index contributed by atoms with van der Waals surface area (Å²) in [5, 5.41) is 0.834. The molecule has 1 saturated heterocycles. The van der Waals surface area contributed by atoms with Crippen LogP contribution in [-0.2, 0) is 6.54 Å². The van der Waals surface area contributed by atoms with Crippen molar-refractivity contribution in [3.8, 4) is 17.2 Å². The molecule has 0 atom stereocenters. The number of rotatable bonds is 10. The highest BCUT2D eigenvalue weighted by atomic mass is 79.9. The molecule has 1 aliphatic heterocycles. The topological polar surface area (TPSA) is 51.2 Å². The molecule has 0 spiro atoms. The Bertz CT molecular complexity index is 1200. The molecule has 1 aliphatic rings. The molecule has 3 aromatic carbocycles. The van der Waals surface area contributed by atoms with Crippen molar-refractivity contribution in [3.63, 3.8) is 0 Å². The molecule has 196 valence electrons. The average molecular weight is 608 g/mol. The Kier molecular flexibility index (Phi) is 9.97. The summed E-state index contributed by atoms with van der Waals surface area (Å²) < 4.78 is 18.5. The van der Waals surface area contributed by atoms with E-state index in [1.54, 1.807) is 18.2 Å². The predicted molar refractivity (Wildman–Crippen MR) is 150 cm³/mol. The van der Waals surface area contributed by atoms with Crippen molar-refractivity contribution in [2.75, 3.05) is 46.0 Å².